The first-order chi connectivity index (χ1) is 31.8. The van der Waals surface area contributed by atoms with Crippen LogP contribution < -0.4 is 44.2 Å². The maximum Gasteiger partial charge on any atom is 0.457 e. The maximum atomic E-state index is 16.0. The standard InChI is InChI=1S/C27H22F6N4.C21H26F6N4/c28-26(29,30)25(27(31,32)33,17-11-13-23(21(34)15-17)36-19-7-3-1-4-8-19)18-12-14-24(22(35)16-18)37-20-9-5-2-6-10-20;1-3-9-30-17-7-5-13(11-15(17)28)19(22,20(23,24)21(25,26)27)14-6-8-18(16(29)12-14)31-10-4-2/h1-16,36-37H,34-35H2;5-8,11-12,30-31H,3-4,9-10,28-29H2,1-2H3. The molecule has 0 radical (unpaired) electrons. The van der Waals surface area contributed by atoms with Crippen molar-refractivity contribution in [3.8, 4) is 0 Å². The highest BCUT2D eigenvalue weighted by Crippen LogP contribution is 2.58. The van der Waals surface area contributed by atoms with Crippen LogP contribution in [0.5, 0.6) is 0 Å². The Morgan fingerprint density at radius 1 is 0.382 bits per heavy atom. The molecule has 0 aliphatic heterocycles. The number of rotatable bonds is 15. The number of hydrogen-bond donors (Lipinski definition) is 8. The fourth-order valence-corrected chi connectivity index (χ4v) is 7.28. The molecule has 8 nitrogen and oxygen atoms in total. The summed E-state index contributed by atoms with van der Waals surface area (Å²) in [4.78, 5) is 0. The van der Waals surface area contributed by atoms with Gasteiger partial charge in [0.05, 0.1) is 45.5 Å². The van der Waals surface area contributed by atoms with Crippen LogP contribution in [0.25, 0.3) is 0 Å². The monoisotopic (exact) mass is 964 g/mol. The van der Waals surface area contributed by atoms with Gasteiger partial charge in [0.2, 0.25) is 11.1 Å². The van der Waals surface area contributed by atoms with Crippen molar-refractivity contribution in [1.82, 2.24) is 0 Å². The predicted molar refractivity (Wildman–Crippen MR) is 246 cm³/mol. The molecule has 20 heteroatoms. The van der Waals surface area contributed by atoms with E-state index in [1.165, 1.54) is 12.1 Å². The van der Waals surface area contributed by atoms with Gasteiger partial charge in [-0.25, -0.2) is 4.39 Å². The number of halogens is 12. The third-order valence-electron chi connectivity index (χ3n) is 10.7. The molecule has 0 atom stereocenters. The number of benzene rings is 6. The van der Waals surface area contributed by atoms with Gasteiger partial charge < -0.3 is 44.2 Å². The average Bonchev–Trinajstić information content (AvgIpc) is 3.27. The first kappa shape index (κ1) is 51.9. The van der Waals surface area contributed by atoms with Gasteiger partial charge in [-0.1, -0.05) is 74.5 Å². The molecule has 6 aromatic carbocycles. The summed E-state index contributed by atoms with van der Waals surface area (Å²) < 4.78 is 173. The summed E-state index contributed by atoms with van der Waals surface area (Å²) in [6.45, 7) is 4.73. The van der Waals surface area contributed by atoms with E-state index in [1.807, 2.05) is 13.8 Å². The summed E-state index contributed by atoms with van der Waals surface area (Å²) in [7, 11) is 0. The molecule has 68 heavy (non-hydrogen) atoms. The Hall–Kier alpha value is -7.12. The molecule has 12 N–H and O–H groups in total. The van der Waals surface area contributed by atoms with E-state index in [1.54, 1.807) is 60.7 Å². The second-order valence-corrected chi connectivity index (χ2v) is 15.5. The van der Waals surface area contributed by atoms with E-state index in [2.05, 4.69) is 21.3 Å². The Morgan fingerprint density at radius 2 is 0.691 bits per heavy atom. The molecule has 0 aliphatic rings. The molecule has 0 unspecified atom stereocenters. The van der Waals surface area contributed by atoms with Crippen LogP contribution in [0.1, 0.15) is 48.9 Å². The summed E-state index contributed by atoms with van der Waals surface area (Å²) in [5.74, 6) is -5.75. The number of alkyl halides is 12. The van der Waals surface area contributed by atoms with E-state index < -0.39 is 57.8 Å². The third-order valence-corrected chi connectivity index (χ3v) is 10.7. The van der Waals surface area contributed by atoms with Crippen LogP contribution in [-0.2, 0) is 11.1 Å². The van der Waals surface area contributed by atoms with Crippen LogP contribution in [0.3, 0.4) is 0 Å². The fraction of sp³-hybridized carbons (Fsp3) is 0.250. The van der Waals surface area contributed by atoms with Gasteiger partial charge in [-0.3, -0.25) is 0 Å². The molecule has 0 spiro atoms. The second kappa shape index (κ2) is 20.4. The van der Waals surface area contributed by atoms with Gasteiger partial charge in [0.15, 0.2) is 0 Å². The Morgan fingerprint density at radius 3 is 0.985 bits per heavy atom. The van der Waals surface area contributed by atoms with E-state index in [-0.39, 0.29) is 34.1 Å². The number of para-hydroxylation sites is 2. The van der Waals surface area contributed by atoms with E-state index in [0.717, 1.165) is 61.4 Å². The predicted octanol–water partition coefficient (Wildman–Crippen LogP) is 13.7. The Bertz CT molecular complexity index is 2460. The van der Waals surface area contributed by atoms with Crippen LogP contribution in [0, 0.1) is 0 Å². The fourth-order valence-electron chi connectivity index (χ4n) is 7.28. The Labute approximate surface area is 384 Å². The van der Waals surface area contributed by atoms with Gasteiger partial charge >= 0.3 is 24.5 Å². The quantitative estimate of drug-likeness (QED) is 0.0374. The van der Waals surface area contributed by atoms with Gasteiger partial charge in [0, 0.05) is 35.6 Å². The van der Waals surface area contributed by atoms with Crippen LogP contribution in [0.4, 0.5) is 110 Å². The van der Waals surface area contributed by atoms with Crippen molar-refractivity contribution in [2.45, 2.75) is 62.2 Å². The maximum absolute atomic E-state index is 16.0. The minimum absolute atomic E-state index is 0.153. The van der Waals surface area contributed by atoms with Crippen LogP contribution in [-0.4, -0.2) is 37.5 Å². The summed E-state index contributed by atoms with van der Waals surface area (Å²) in [6, 6.07) is 27.9. The largest absolute Gasteiger partial charge is 0.457 e. The average molecular weight is 965 g/mol. The van der Waals surface area contributed by atoms with Crippen LogP contribution in [0.2, 0.25) is 0 Å². The number of nitrogens with one attached hydrogen (secondary N) is 4. The number of hydrogen-bond acceptors (Lipinski definition) is 8. The summed E-state index contributed by atoms with van der Waals surface area (Å²) in [6.07, 6.45) is -16.3. The molecule has 0 bridgehead atoms. The van der Waals surface area contributed by atoms with Crippen molar-refractivity contribution in [2.75, 3.05) is 57.3 Å². The van der Waals surface area contributed by atoms with E-state index in [9.17, 15) is 48.3 Å². The number of nitrogen functional groups attached to an aromatic ring is 4. The van der Waals surface area contributed by atoms with Crippen LogP contribution in [0.15, 0.2) is 133 Å². The first-order valence-electron chi connectivity index (χ1n) is 20.8. The van der Waals surface area contributed by atoms with Crippen molar-refractivity contribution in [3.63, 3.8) is 0 Å². The molecule has 6 aromatic rings. The minimum atomic E-state index is -6.16. The Kier molecular flexibility index (Phi) is 15.6. The lowest BCUT2D eigenvalue weighted by molar-refractivity contribution is -0.323. The summed E-state index contributed by atoms with van der Waals surface area (Å²) in [5.41, 5.74) is 12.1. The lowest BCUT2D eigenvalue weighted by Gasteiger charge is -2.38. The topological polar surface area (TPSA) is 152 Å². The number of anilines is 10. The van der Waals surface area contributed by atoms with Gasteiger partial charge in [0.25, 0.3) is 0 Å². The highest BCUT2D eigenvalue weighted by atomic mass is 19.4. The Balaban J connectivity index is 0.000000259. The molecule has 0 saturated heterocycles. The normalized spacial score (nSPS) is 12.4. The molecule has 0 amide bonds. The highest BCUT2D eigenvalue weighted by molar-refractivity contribution is 5.77. The molecular weight excluding hydrogens is 917 g/mol. The zero-order valence-corrected chi connectivity index (χ0v) is 36.4. The molecule has 0 aromatic heterocycles. The molecule has 0 saturated carbocycles. The van der Waals surface area contributed by atoms with Gasteiger partial charge in [0.1, 0.15) is 0 Å². The molecule has 0 fully saturated rings. The van der Waals surface area contributed by atoms with Crippen molar-refractivity contribution in [3.05, 3.63) is 156 Å². The summed E-state index contributed by atoms with van der Waals surface area (Å²) >= 11 is 0. The molecule has 0 heterocycles. The smallest absolute Gasteiger partial charge is 0.397 e. The SMILES string of the molecule is CCCNc1ccc(C(F)(c2ccc(NCCC)c(N)c2)C(F)(F)C(F)(F)F)cc1N.Nc1cc(C(c2ccc(Nc3ccccc3)c(N)c2)(C(F)(F)F)C(F)(F)F)ccc1Nc1ccccc1. The van der Waals surface area contributed by atoms with Crippen LogP contribution >= 0.6 is 0 Å². The van der Waals surface area contributed by atoms with Crippen molar-refractivity contribution < 1.29 is 52.7 Å². The third kappa shape index (κ3) is 10.5. The van der Waals surface area contributed by atoms with E-state index in [0.29, 0.717) is 48.0 Å². The molecule has 0 aliphatic carbocycles. The van der Waals surface area contributed by atoms with Gasteiger partial charge in [-0.05, 0) is 96.8 Å². The second-order valence-electron chi connectivity index (χ2n) is 15.5. The highest BCUT2D eigenvalue weighted by Gasteiger charge is 2.74. The van der Waals surface area contributed by atoms with Gasteiger partial charge in [-0.2, -0.15) is 48.3 Å². The molecular formula is C48H48F12N8. The minimum Gasteiger partial charge on any atom is -0.397 e. The zero-order chi connectivity index (χ0) is 50.3. The van der Waals surface area contributed by atoms with Crippen molar-refractivity contribution in [1.29, 1.82) is 0 Å². The van der Waals surface area contributed by atoms with Crippen molar-refractivity contribution in [2.24, 2.45) is 0 Å². The zero-order valence-electron chi connectivity index (χ0n) is 36.4. The first-order valence-corrected chi connectivity index (χ1v) is 20.8. The lowest BCUT2D eigenvalue weighted by atomic mass is 9.72. The molecule has 364 valence electrons. The van der Waals surface area contributed by atoms with Crippen molar-refractivity contribution >= 4 is 56.9 Å². The number of nitrogens with two attached hydrogens (primary N) is 4. The molecule has 6 rings (SSSR count). The van der Waals surface area contributed by atoms with E-state index in [4.69, 9.17) is 22.9 Å². The van der Waals surface area contributed by atoms with Gasteiger partial charge in [-0.15, -0.1) is 0 Å². The van der Waals surface area contributed by atoms with E-state index >= 15 is 4.39 Å². The summed E-state index contributed by atoms with van der Waals surface area (Å²) in [5, 5.41) is 11.6. The lowest BCUT2D eigenvalue weighted by Crippen LogP contribution is -2.54.